The van der Waals surface area contributed by atoms with Crippen molar-refractivity contribution in [1.82, 2.24) is 9.80 Å². The second-order valence-corrected chi connectivity index (χ2v) is 5.53. The molecule has 2 rings (SSSR count). The Morgan fingerprint density at radius 3 is 2.33 bits per heavy atom. The molecule has 2 fully saturated rings. The Kier molecular flexibility index (Phi) is 3.90. The average molecular weight is 254 g/mol. The summed E-state index contributed by atoms with van der Waals surface area (Å²) < 4.78 is 0. The lowest BCUT2D eigenvalue weighted by molar-refractivity contribution is -0.148. The van der Waals surface area contributed by atoms with Crippen LogP contribution in [0, 0.1) is 0 Å². The van der Waals surface area contributed by atoms with E-state index in [0.717, 1.165) is 19.3 Å². The SMILES string of the molecule is CC1CCC(C)N1CC(=O)N1CCC[C@@H]1C(=O)O. The van der Waals surface area contributed by atoms with Gasteiger partial charge in [0.1, 0.15) is 6.04 Å². The number of rotatable bonds is 3. The Morgan fingerprint density at radius 2 is 1.78 bits per heavy atom. The van der Waals surface area contributed by atoms with Crippen molar-refractivity contribution in [2.75, 3.05) is 13.1 Å². The third kappa shape index (κ3) is 2.51. The lowest BCUT2D eigenvalue weighted by atomic mass is 10.2. The van der Waals surface area contributed by atoms with E-state index in [4.69, 9.17) is 5.11 Å². The van der Waals surface area contributed by atoms with Crippen molar-refractivity contribution in [2.45, 2.75) is 57.7 Å². The smallest absolute Gasteiger partial charge is 0.326 e. The number of amides is 1. The molecule has 0 aromatic carbocycles. The zero-order valence-electron chi connectivity index (χ0n) is 11.1. The van der Waals surface area contributed by atoms with E-state index in [2.05, 4.69) is 18.7 Å². The summed E-state index contributed by atoms with van der Waals surface area (Å²) in [6.45, 7) is 5.23. The molecule has 2 aliphatic heterocycles. The van der Waals surface area contributed by atoms with Crippen molar-refractivity contribution in [1.29, 1.82) is 0 Å². The van der Waals surface area contributed by atoms with Gasteiger partial charge in [0.2, 0.25) is 5.91 Å². The topological polar surface area (TPSA) is 60.9 Å². The Hall–Kier alpha value is -1.10. The monoisotopic (exact) mass is 254 g/mol. The average Bonchev–Trinajstić information content (AvgIpc) is 2.90. The fourth-order valence-corrected chi connectivity index (χ4v) is 3.13. The molecule has 0 bridgehead atoms. The van der Waals surface area contributed by atoms with Gasteiger partial charge in [0, 0.05) is 18.6 Å². The van der Waals surface area contributed by atoms with Crippen LogP contribution in [0.1, 0.15) is 39.5 Å². The number of carboxylic acids is 1. The van der Waals surface area contributed by atoms with Gasteiger partial charge in [0.15, 0.2) is 0 Å². The molecule has 1 amide bonds. The number of aliphatic carboxylic acids is 1. The molecule has 0 saturated carbocycles. The van der Waals surface area contributed by atoms with Crippen LogP contribution in [0.15, 0.2) is 0 Å². The maximum atomic E-state index is 12.2. The minimum atomic E-state index is -0.872. The molecule has 102 valence electrons. The Morgan fingerprint density at radius 1 is 1.17 bits per heavy atom. The highest BCUT2D eigenvalue weighted by atomic mass is 16.4. The highest BCUT2D eigenvalue weighted by Crippen LogP contribution is 2.24. The highest BCUT2D eigenvalue weighted by Gasteiger charge is 2.36. The number of nitrogens with zero attached hydrogens (tertiary/aromatic N) is 2. The normalized spacial score (nSPS) is 33.0. The van der Waals surface area contributed by atoms with Crippen LogP contribution in [0.4, 0.5) is 0 Å². The summed E-state index contributed by atoms with van der Waals surface area (Å²) in [5, 5.41) is 9.09. The number of likely N-dealkylation sites (tertiary alicyclic amines) is 2. The number of hydrogen-bond donors (Lipinski definition) is 1. The van der Waals surface area contributed by atoms with Gasteiger partial charge in [-0.05, 0) is 39.5 Å². The van der Waals surface area contributed by atoms with Crippen LogP contribution >= 0.6 is 0 Å². The van der Waals surface area contributed by atoms with E-state index in [-0.39, 0.29) is 5.91 Å². The molecule has 0 aromatic heterocycles. The van der Waals surface area contributed by atoms with E-state index < -0.39 is 12.0 Å². The van der Waals surface area contributed by atoms with E-state index in [1.165, 1.54) is 0 Å². The highest BCUT2D eigenvalue weighted by molar-refractivity contribution is 5.85. The summed E-state index contributed by atoms with van der Waals surface area (Å²) in [5.41, 5.74) is 0. The van der Waals surface area contributed by atoms with Crippen LogP contribution in [0.3, 0.4) is 0 Å². The van der Waals surface area contributed by atoms with Crippen molar-refractivity contribution in [3.8, 4) is 0 Å². The molecule has 2 aliphatic rings. The van der Waals surface area contributed by atoms with Crippen molar-refractivity contribution in [3.05, 3.63) is 0 Å². The van der Waals surface area contributed by atoms with Gasteiger partial charge in [0.05, 0.1) is 6.54 Å². The summed E-state index contributed by atoms with van der Waals surface area (Å²) in [7, 11) is 0. The van der Waals surface area contributed by atoms with E-state index in [9.17, 15) is 9.59 Å². The molecule has 2 saturated heterocycles. The predicted octanol–water partition coefficient (Wildman–Crippen LogP) is 0.935. The largest absolute Gasteiger partial charge is 0.480 e. The quantitative estimate of drug-likeness (QED) is 0.814. The first-order valence-corrected chi connectivity index (χ1v) is 6.78. The predicted molar refractivity (Wildman–Crippen MR) is 67.2 cm³/mol. The molecular formula is C13H22N2O3. The second-order valence-electron chi connectivity index (χ2n) is 5.53. The lowest BCUT2D eigenvalue weighted by Gasteiger charge is -2.29. The molecular weight excluding hydrogens is 232 g/mol. The van der Waals surface area contributed by atoms with Gasteiger partial charge in [-0.1, -0.05) is 0 Å². The molecule has 2 heterocycles. The molecule has 5 nitrogen and oxygen atoms in total. The zero-order chi connectivity index (χ0) is 13.3. The summed E-state index contributed by atoms with van der Waals surface area (Å²) in [6, 6.07) is 0.246. The third-order valence-corrected chi connectivity index (χ3v) is 4.31. The van der Waals surface area contributed by atoms with E-state index >= 15 is 0 Å². The fourth-order valence-electron chi connectivity index (χ4n) is 3.13. The third-order valence-electron chi connectivity index (χ3n) is 4.31. The molecule has 3 atom stereocenters. The van der Waals surface area contributed by atoms with Gasteiger partial charge in [-0.25, -0.2) is 4.79 Å². The molecule has 2 unspecified atom stereocenters. The van der Waals surface area contributed by atoms with Gasteiger partial charge in [0.25, 0.3) is 0 Å². The lowest BCUT2D eigenvalue weighted by Crippen LogP contribution is -2.47. The first kappa shape index (κ1) is 13.3. The molecule has 5 heteroatoms. The summed E-state index contributed by atoms with van der Waals surface area (Å²) in [5.74, 6) is -0.899. The van der Waals surface area contributed by atoms with Crippen LogP contribution < -0.4 is 0 Å². The summed E-state index contributed by atoms with van der Waals surface area (Å²) >= 11 is 0. The standard InChI is InChI=1S/C13H22N2O3/c1-9-5-6-10(2)15(9)8-12(16)14-7-3-4-11(14)13(17)18/h9-11H,3-8H2,1-2H3,(H,17,18)/t9?,10?,11-/m1/s1. The van der Waals surface area contributed by atoms with Gasteiger partial charge in [-0.2, -0.15) is 0 Å². The second kappa shape index (κ2) is 5.26. The first-order chi connectivity index (χ1) is 8.50. The number of hydrogen-bond acceptors (Lipinski definition) is 3. The molecule has 0 radical (unpaired) electrons. The van der Waals surface area contributed by atoms with Gasteiger partial charge >= 0.3 is 5.97 Å². The Balaban J connectivity index is 1.97. The summed E-state index contributed by atoms with van der Waals surface area (Å²) in [4.78, 5) is 27.0. The van der Waals surface area contributed by atoms with E-state index in [1.54, 1.807) is 4.90 Å². The number of carbonyl (C=O) groups excluding carboxylic acids is 1. The molecule has 0 aromatic rings. The van der Waals surface area contributed by atoms with Crippen molar-refractivity contribution in [2.24, 2.45) is 0 Å². The maximum absolute atomic E-state index is 12.2. The van der Waals surface area contributed by atoms with Gasteiger partial charge in [-0.15, -0.1) is 0 Å². The fraction of sp³-hybridized carbons (Fsp3) is 0.846. The van der Waals surface area contributed by atoms with Gasteiger partial charge in [-0.3, -0.25) is 9.69 Å². The molecule has 18 heavy (non-hydrogen) atoms. The molecule has 0 spiro atoms. The van der Waals surface area contributed by atoms with Crippen molar-refractivity contribution in [3.63, 3.8) is 0 Å². The van der Waals surface area contributed by atoms with Gasteiger partial charge < -0.3 is 10.0 Å². The van der Waals surface area contributed by atoms with Crippen LogP contribution in [0.5, 0.6) is 0 Å². The Labute approximate surface area is 108 Å². The van der Waals surface area contributed by atoms with E-state index in [0.29, 0.717) is 31.6 Å². The van der Waals surface area contributed by atoms with Crippen LogP contribution in [-0.2, 0) is 9.59 Å². The van der Waals surface area contributed by atoms with E-state index in [1.807, 2.05) is 0 Å². The van der Waals surface area contributed by atoms with Crippen molar-refractivity contribution < 1.29 is 14.7 Å². The first-order valence-electron chi connectivity index (χ1n) is 6.78. The number of carboxylic acid groups (broad SMARTS) is 1. The van der Waals surface area contributed by atoms with Crippen molar-refractivity contribution >= 4 is 11.9 Å². The molecule has 1 N–H and O–H groups in total. The summed E-state index contributed by atoms with van der Waals surface area (Å²) in [6.07, 6.45) is 3.63. The zero-order valence-corrected chi connectivity index (χ0v) is 11.1. The van der Waals surface area contributed by atoms with Crippen LogP contribution in [0.25, 0.3) is 0 Å². The molecule has 0 aliphatic carbocycles. The van der Waals surface area contributed by atoms with Crippen LogP contribution in [0.2, 0.25) is 0 Å². The maximum Gasteiger partial charge on any atom is 0.326 e. The minimum Gasteiger partial charge on any atom is -0.480 e. The van der Waals surface area contributed by atoms with Crippen LogP contribution in [-0.4, -0.2) is 58.0 Å². The Bertz CT molecular complexity index is 335. The number of carbonyl (C=O) groups is 2. The minimum absolute atomic E-state index is 0.0273.